The predicted molar refractivity (Wildman–Crippen MR) is 101 cm³/mol. The van der Waals surface area contributed by atoms with Gasteiger partial charge in [-0.25, -0.2) is 4.99 Å². The van der Waals surface area contributed by atoms with Gasteiger partial charge < -0.3 is 20.1 Å². The van der Waals surface area contributed by atoms with E-state index in [1.165, 1.54) is 5.56 Å². The Morgan fingerprint density at radius 2 is 1.96 bits per heavy atom. The summed E-state index contributed by atoms with van der Waals surface area (Å²) in [5, 5.41) is 6.46. The van der Waals surface area contributed by atoms with Gasteiger partial charge in [0.25, 0.3) is 0 Å². The van der Waals surface area contributed by atoms with Gasteiger partial charge in [-0.3, -0.25) is 4.79 Å². The fraction of sp³-hybridized carbons (Fsp3) is 0.368. The smallest absolute Gasteiger partial charge is 0.248 e. The number of aromatic nitrogens is 1. The summed E-state index contributed by atoms with van der Waals surface area (Å²) in [5.41, 5.74) is 2.25. The van der Waals surface area contributed by atoms with Crippen LogP contribution in [-0.2, 0) is 17.8 Å². The van der Waals surface area contributed by atoms with Crippen LogP contribution >= 0.6 is 0 Å². The Morgan fingerprint density at radius 3 is 2.76 bits per heavy atom. The molecule has 6 heteroatoms. The van der Waals surface area contributed by atoms with Crippen molar-refractivity contribution in [1.29, 1.82) is 0 Å². The third kappa shape index (κ3) is 4.41. The van der Waals surface area contributed by atoms with Gasteiger partial charge in [-0.1, -0.05) is 18.2 Å². The van der Waals surface area contributed by atoms with E-state index in [1.54, 1.807) is 0 Å². The molecule has 25 heavy (non-hydrogen) atoms. The van der Waals surface area contributed by atoms with Crippen LogP contribution in [0.5, 0.6) is 0 Å². The summed E-state index contributed by atoms with van der Waals surface area (Å²) in [6.45, 7) is 5.27. The second-order valence-corrected chi connectivity index (χ2v) is 5.97. The van der Waals surface area contributed by atoms with Gasteiger partial charge in [-0.2, -0.15) is 0 Å². The number of nitrogens with one attached hydrogen (secondary N) is 2. The number of carbonyl (C=O) groups is 1. The molecule has 0 radical (unpaired) electrons. The van der Waals surface area contributed by atoms with Crippen molar-refractivity contribution in [2.75, 3.05) is 31.1 Å². The lowest BCUT2D eigenvalue weighted by Gasteiger charge is -2.17. The van der Waals surface area contributed by atoms with E-state index in [9.17, 15) is 4.79 Å². The molecular formula is C19H25N5O. The molecule has 2 aromatic rings. The number of carbonyl (C=O) groups excluding carboxylic acids is 1. The molecule has 2 heterocycles. The molecular weight excluding hydrogens is 314 g/mol. The number of aliphatic imine (C=N–C) groups is 1. The molecule has 0 saturated carbocycles. The average molecular weight is 339 g/mol. The van der Waals surface area contributed by atoms with Gasteiger partial charge >= 0.3 is 0 Å². The standard InChI is InChI=1S/C19H25N5O/c1-2-20-19(21-10-14-23-11-5-6-12-23)22-15-18(25)24-13-9-16-7-3-4-8-17(16)24/h3-8,11-12H,2,9-10,13-15H2,1H3,(H2,20,21,22). The van der Waals surface area contributed by atoms with Crippen LogP contribution in [0.1, 0.15) is 12.5 Å². The fourth-order valence-electron chi connectivity index (χ4n) is 2.99. The van der Waals surface area contributed by atoms with Crippen molar-refractivity contribution in [3.63, 3.8) is 0 Å². The van der Waals surface area contributed by atoms with Crippen LogP contribution in [0.25, 0.3) is 0 Å². The number of hydrogen-bond acceptors (Lipinski definition) is 2. The molecule has 6 nitrogen and oxygen atoms in total. The Hall–Kier alpha value is -2.76. The first-order valence-corrected chi connectivity index (χ1v) is 8.79. The van der Waals surface area contributed by atoms with E-state index in [1.807, 2.05) is 54.5 Å². The lowest BCUT2D eigenvalue weighted by atomic mass is 10.2. The van der Waals surface area contributed by atoms with E-state index < -0.39 is 0 Å². The minimum Gasteiger partial charge on any atom is -0.357 e. The summed E-state index contributed by atoms with van der Waals surface area (Å²) in [5.74, 6) is 0.711. The van der Waals surface area contributed by atoms with Gasteiger partial charge in [0.2, 0.25) is 5.91 Å². The highest BCUT2D eigenvalue weighted by Crippen LogP contribution is 2.27. The summed E-state index contributed by atoms with van der Waals surface area (Å²) in [7, 11) is 0. The summed E-state index contributed by atoms with van der Waals surface area (Å²) in [6, 6.07) is 12.1. The number of amides is 1. The summed E-state index contributed by atoms with van der Waals surface area (Å²) >= 11 is 0. The molecule has 0 spiro atoms. The number of para-hydroxylation sites is 1. The molecule has 1 aromatic heterocycles. The maximum atomic E-state index is 12.5. The van der Waals surface area contributed by atoms with Crippen molar-refractivity contribution < 1.29 is 4.79 Å². The number of nitrogens with zero attached hydrogens (tertiary/aromatic N) is 3. The first-order valence-electron chi connectivity index (χ1n) is 8.79. The van der Waals surface area contributed by atoms with Crippen LogP contribution in [0.3, 0.4) is 0 Å². The summed E-state index contributed by atoms with van der Waals surface area (Å²) < 4.78 is 2.10. The van der Waals surface area contributed by atoms with Gasteiger partial charge in [0.1, 0.15) is 6.54 Å². The van der Waals surface area contributed by atoms with Crippen LogP contribution in [0.2, 0.25) is 0 Å². The zero-order chi connectivity index (χ0) is 17.5. The summed E-state index contributed by atoms with van der Waals surface area (Å²) in [6.07, 6.45) is 4.97. The molecule has 0 unspecified atom stereocenters. The number of anilines is 1. The average Bonchev–Trinajstić information content (AvgIpc) is 3.29. The molecule has 3 rings (SSSR count). The van der Waals surface area contributed by atoms with E-state index in [-0.39, 0.29) is 12.5 Å². The van der Waals surface area contributed by atoms with Crippen molar-refractivity contribution in [3.05, 3.63) is 54.4 Å². The molecule has 1 aromatic carbocycles. The Kier molecular flexibility index (Phi) is 5.72. The van der Waals surface area contributed by atoms with Crippen LogP contribution in [0.4, 0.5) is 5.69 Å². The number of hydrogen-bond donors (Lipinski definition) is 2. The SMILES string of the molecule is CCNC(=NCC(=O)N1CCc2ccccc21)NCCn1cccc1. The largest absolute Gasteiger partial charge is 0.357 e. The lowest BCUT2D eigenvalue weighted by molar-refractivity contribution is -0.117. The minimum absolute atomic E-state index is 0.0348. The Morgan fingerprint density at radius 1 is 1.16 bits per heavy atom. The zero-order valence-corrected chi connectivity index (χ0v) is 14.6. The van der Waals surface area contributed by atoms with Gasteiger partial charge in [0, 0.05) is 44.3 Å². The second kappa shape index (κ2) is 8.37. The van der Waals surface area contributed by atoms with Gasteiger partial charge in [0.15, 0.2) is 5.96 Å². The predicted octanol–water partition coefficient (Wildman–Crippen LogP) is 1.63. The molecule has 1 aliphatic heterocycles. The maximum Gasteiger partial charge on any atom is 0.248 e. The quantitative estimate of drug-likeness (QED) is 0.621. The third-order valence-corrected chi connectivity index (χ3v) is 4.23. The molecule has 2 N–H and O–H groups in total. The first kappa shape index (κ1) is 17.1. The van der Waals surface area contributed by atoms with Crippen LogP contribution in [0.15, 0.2) is 53.8 Å². The zero-order valence-electron chi connectivity index (χ0n) is 14.6. The highest BCUT2D eigenvalue weighted by Gasteiger charge is 2.23. The normalized spacial score (nSPS) is 13.6. The van der Waals surface area contributed by atoms with Crippen molar-refractivity contribution >= 4 is 17.6 Å². The highest BCUT2D eigenvalue weighted by atomic mass is 16.2. The van der Waals surface area contributed by atoms with E-state index in [0.29, 0.717) is 5.96 Å². The van der Waals surface area contributed by atoms with Crippen molar-refractivity contribution in [3.8, 4) is 0 Å². The topological polar surface area (TPSA) is 61.7 Å². The summed E-state index contributed by atoms with van der Waals surface area (Å²) in [4.78, 5) is 18.8. The molecule has 132 valence electrons. The van der Waals surface area contributed by atoms with Crippen molar-refractivity contribution in [2.45, 2.75) is 19.9 Å². The van der Waals surface area contributed by atoms with Gasteiger partial charge in [-0.05, 0) is 37.1 Å². The molecule has 0 bridgehead atoms. The Bertz CT molecular complexity index is 723. The lowest BCUT2D eigenvalue weighted by Crippen LogP contribution is -2.40. The van der Waals surface area contributed by atoms with Gasteiger partial charge in [0.05, 0.1) is 0 Å². The van der Waals surface area contributed by atoms with E-state index in [0.717, 1.165) is 38.3 Å². The highest BCUT2D eigenvalue weighted by molar-refractivity contribution is 5.98. The Labute approximate surface area is 148 Å². The van der Waals surface area contributed by atoms with Crippen LogP contribution < -0.4 is 15.5 Å². The van der Waals surface area contributed by atoms with Crippen LogP contribution in [-0.4, -0.2) is 42.6 Å². The molecule has 0 atom stereocenters. The minimum atomic E-state index is 0.0348. The van der Waals surface area contributed by atoms with E-state index in [4.69, 9.17) is 0 Å². The maximum absolute atomic E-state index is 12.5. The third-order valence-electron chi connectivity index (χ3n) is 4.23. The molecule has 0 saturated heterocycles. The van der Waals surface area contributed by atoms with E-state index in [2.05, 4.69) is 26.3 Å². The fourth-order valence-corrected chi connectivity index (χ4v) is 2.99. The number of fused-ring (bicyclic) bond motifs is 1. The van der Waals surface area contributed by atoms with Crippen LogP contribution in [0, 0.1) is 0 Å². The first-order chi connectivity index (χ1) is 12.3. The van der Waals surface area contributed by atoms with Crippen molar-refractivity contribution in [1.82, 2.24) is 15.2 Å². The van der Waals surface area contributed by atoms with Crippen molar-refractivity contribution in [2.24, 2.45) is 4.99 Å². The monoisotopic (exact) mass is 339 g/mol. The van der Waals surface area contributed by atoms with E-state index >= 15 is 0 Å². The number of rotatable bonds is 6. The molecule has 0 aliphatic carbocycles. The molecule has 0 fully saturated rings. The number of guanidine groups is 1. The molecule has 1 aliphatic rings. The molecule has 1 amide bonds. The second-order valence-electron chi connectivity index (χ2n) is 5.97. The van der Waals surface area contributed by atoms with Gasteiger partial charge in [-0.15, -0.1) is 0 Å². The Balaban J connectivity index is 1.55. The number of benzene rings is 1.